The Labute approximate surface area is 89.1 Å². The zero-order valence-corrected chi connectivity index (χ0v) is 10.6. The van der Waals surface area contributed by atoms with E-state index in [1.54, 1.807) is 0 Å². The summed E-state index contributed by atoms with van der Waals surface area (Å²) in [7, 11) is 3.94. The minimum absolute atomic E-state index is 0. The van der Waals surface area contributed by atoms with Gasteiger partial charge in [-0.1, -0.05) is 13.8 Å². The fourth-order valence-electron chi connectivity index (χ4n) is 0.823. The Bertz CT molecular complexity index is 102. The van der Waals surface area contributed by atoms with Gasteiger partial charge < -0.3 is 10.0 Å². The van der Waals surface area contributed by atoms with Crippen molar-refractivity contribution < 1.29 is 31.3 Å². The monoisotopic (exact) mass is 235 g/mol. The first kappa shape index (κ1) is 14.3. The van der Waals surface area contributed by atoms with Gasteiger partial charge in [-0.15, -0.1) is 0 Å². The summed E-state index contributed by atoms with van der Waals surface area (Å²) in [5.74, 6) is 0.315. The van der Waals surface area contributed by atoms with Crippen LogP contribution < -0.4 is 0 Å². The molecule has 0 rings (SSSR count). The summed E-state index contributed by atoms with van der Waals surface area (Å²) < 4.78 is 0. The van der Waals surface area contributed by atoms with Gasteiger partial charge in [0.2, 0.25) is 0 Å². The smallest absolute Gasteiger partial charge is 0.0768 e. The van der Waals surface area contributed by atoms with E-state index in [-0.39, 0.29) is 26.2 Å². The molecule has 3 heteroatoms. The van der Waals surface area contributed by atoms with Gasteiger partial charge in [0.15, 0.2) is 0 Å². The molecular formula is C8H19NOZr. The molecule has 0 radical (unpaired) electrons. The van der Waals surface area contributed by atoms with Crippen LogP contribution in [0, 0.1) is 5.92 Å². The van der Waals surface area contributed by atoms with Gasteiger partial charge in [-0.05, 0) is 26.9 Å². The number of hydrogen-bond donors (Lipinski definition) is 1. The van der Waals surface area contributed by atoms with Crippen molar-refractivity contribution in [3.05, 3.63) is 0 Å². The van der Waals surface area contributed by atoms with E-state index in [9.17, 15) is 5.11 Å². The Morgan fingerprint density at radius 3 is 1.82 bits per heavy atom. The predicted octanol–water partition coefficient (Wildman–Crippen LogP) is 0.953. The molecule has 0 aromatic rings. The molecule has 0 aliphatic carbocycles. The van der Waals surface area contributed by atoms with E-state index in [0.717, 1.165) is 6.54 Å². The largest absolute Gasteiger partial charge is 0.389 e. The second-order valence-electron chi connectivity index (χ2n) is 3.75. The van der Waals surface area contributed by atoms with E-state index < -0.39 is 5.60 Å². The third kappa shape index (κ3) is 6.01. The molecule has 0 aliphatic heterocycles. The third-order valence-electron chi connectivity index (χ3n) is 1.88. The topological polar surface area (TPSA) is 23.5 Å². The van der Waals surface area contributed by atoms with Crippen LogP contribution in [0.4, 0.5) is 0 Å². The average Bonchev–Trinajstić information content (AvgIpc) is 1.60. The predicted molar refractivity (Wildman–Crippen MR) is 44.0 cm³/mol. The zero-order chi connectivity index (χ0) is 8.36. The van der Waals surface area contributed by atoms with E-state index in [2.05, 4.69) is 0 Å². The molecule has 0 aliphatic rings. The van der Waals surface area contributed by atoms with Gasteiger partial charge in [0.05, 0.1) is 5.60 Å². The maximum atomic E-state index is 9.72. The molecule has 0 aromatic heterocycles. The molecule has 1 N–H and O–H groups in total. The number of rotatable bonds is 3. The summed E-state index contributed by atoms with van der Waals surface area (Å²) in [5.41, 5.74) is -0.552. The normalized spacial score (nSPS) is 16.4. The SMILES string of the molecule is CC(C)C(C)(O)CN(C)C.[Zr]. The van der Waals surface area contributed by atoms with Gasteiger partial charge in [0.25, 0.3) is 0 Å². The molecule has 0 heterocycles. The molecule has 0 aromatic carbocycles. The van der Waals surface area contributed by atoms with Gasteiger partial charge in [0, 0.05) is 32.7 Å². The van der Waals surface area contributed by atoms with Crippen LogP contribution >= 0.6 is 0 Å². The molecule has 0 amide bonds. The van der Waals surface area contributed by atoms with Gasteiger partial charge in [-0.2, -0.15) is 0 Å². The first-order chi connectivity index (χ1) is 4.36. The van der Waals surface area contributed by atoms with Crippen LogP contribution in [0.15, 0.2) is 0 Å². The van der Waals surface area contributed by atoms with E-state index in [4.69, 9.17) is 0 Å². The second-order valence-corrected chi connectivity index (χ2v) is 3.75. The van der Waals surface area contributed by atoms with Gasteiger partial charge in [-0.3, -0.25) is 0 Å². The Balaban J connectivity index is 0. The molecule has 1 atom stereocenters. The molecule has 1 unspecified atom stereocenters. The minimum atomic E-state index is -0.552. The Morgan fingerprint density at radius 2 is 1.73 bits per heavy atom. The van der Waals surface area contributed by atoms with E-state index in [1.165, 1.54) is 0 Å². The van der Waals surface area contributed by atoms with Crippen molar-refractivity contribution in [3.63, 3.8) is 0 Å². The first-order valence-corrected chi connectivity index (χ1v) is 3.73. The van der Waals surface area contributed by atoms with Crippen LogP contribution in [-0.2, 0) is 26.2 Å². The van der Waals surface area contributed by atoms with E-state index >= 15 is 0 Å². The molecule has 2 nitrogen and oxygen atoms in total. The summed E-state index contributed by atoms with van der Waals surface area (Å²) in [6, 6.07) is 0. The van der Waals surface area contributed by atoms with Gasteiger partial charge >= 0.3 is 0 Å². The fraction of sp³-hybridized carbons (Fsp3) is 1.00. The standard InChI is InChI=1S/C8H19NO.Zr/c1-7(2)8(3,10)6-9(4)5;/h7,10H,6H2,1-5H3;. The third-order valence-corrected chi connectivity index (χ3v) is 1.88. The first-order valence-electron chi connectivity index (χ1n) is 3.73. The average molecular weight is 236 g/mol. The molecule has 0 fully saturated rings. The number of likely N-dealkylation sites (N-methyl/N-ethyl adjacent to an activating group) is 1. The van der Waals surface area contributed by atoms with E-state index in [0.29, 0.717) is 5.92 Å². The summed E-state index contributed by atoms with van der Waals surface area (Å²) in [6.45, 7) is 6.66. The Morgan fingerprint density at radius 1 is 1.36 bits per heavy atom. The summed E-state index contributed by atoms with van der Waals surface area (Å²) in [6.07, 6.45) is 0. The summed E-state index contributed by atoms with van der Waals surface area (Å²) in [5, 5.41) is 9.72. The Kier molecular flexibility index (Phi) is 7.10. The van der Waals surface area contributed by atoms with Crippen molar-refractivity contribution >= 4 is 0 Å². The van der Waals surface area contributed by atoms with Crippen LogP contribution in [0.3, 0.4) is 0 Å². The van der Waals surface area contributed by atoms with Gasteiger partial charge in [-0.25, -0.2) is 0 Å². The van der Waals surface area contributed by atoms with Crippen molar-refractivity contribution in [2.45, 2.75) is 26.4 Å². The van der Waals surface area contributed by atoms with Crippen molar-refractivity contribution in [1.82, 2.24) is 4.90 Å². The molecule has 0 saturated carbocycles. The van der Waals surface area contributed by atoms with Gasteiger partial charge in [0.1, 0.15) is 0 Å². The fourth-order valence-corrected chi connectivity index (χ4v) is 0.823. The quantitative estimate of drug-likeness (QED) is 0.789. The van der Waals surface area contributed by atoms with Crippen molar-refractivity contribution in [1.29, 1.82) is 0 Å². The number of hydrogen-bond acceptors (Lipinski definition) is 2. The maximum absolute atomic E-state index is 9.72. The van der Waals surface area contributed by atoms with Crippen molar-refractivity contribution in [2.24, 2.45) is 5.92 Å². The molecule has 11 heavy (non-hydrogen) atoms. The van der Waals surface area contributed by atoms with Crippen molar-refractivity contribution in [3.8, 4) is 0 Å². The summed E-state index contributed by atoms with van der Waals surface area (Å²) >= 11 is 0. The van der Waals surface area contributed by atoms with Crippen molar-refractivity contribution in [2.75, 3.05) is 20.6 Å². The van der Waals surface area contributed by atoms with Crippen LogP contribution in [0.2, 0.25) is 0 Å². The summed E-state index contributed by atoms with van der Waals surface area (Å²) in [4.78, 5) is 2.00. The van der Waals surface area contributed by atoms with Crippen LogP contribution in [0.25, 0.3) is 0 Å². The molecule has 0 bridgehead atoms. The molecule has 0 spiro atoms. The number of nitrogens with zero attached hydrogens (tertiary/aromatic N) is 1. The number of aliphatic hydroxyl groups is 1. The van der Waals surface area contributed by atoms with Crippen LogP contribution in [0.5, 0.6) is 0 Å². The zero-order valence-electron chi connectivity index (χ0n) is 8.18. The van der Waals surface area contributed by atoms with E-state index in [1.807, 2.05) is 39.8 Å². The molecule has 66 valence electrons. The molecular weight excluding hydrogens is 217 g/mol. The maximum Gasteiger partial charge on any atom is 0.0768 e. The minimum Gasteiger partial charge on any atom is -0.389 e. The van der Waals surface area contributed by atoms with Crippen LogP contribution in [-0.4, -0.2) is 36.2 Å². The molecule has 0 saturated heterocycles. The Hall–Kier alpha value is 0.803. The van der Waals surface area contributed by atoms with Crippen LogP contribution in [0.1, 0.15) is 20.8 Å². The second kappa shape index (κ2) is 5.45.